The second-order valence-electron chi connectivity index (χ2n) is 7.41. The quantitative estimate of drug-likeness (QED) is 0.122. The van der Waals surface area contributed by atoms with Crippen molar-refractivity contribution in [2.24, 2.45) is 11.8 Å². The molecule has 0 aliphatic rings. The monoisotopic (exact) mass is 453 g/mol. The highest BCUT2D eigenvalue weighted by Gasteiger charge is 2.33. The number of esters is 1. The number of amides is 1. The predicted octanol–water partition coefficient (Wildman–Crippen LogP) is 2.88. The maximum absolute atomic E-state index is 13.1. The predicted molar refractivity (Wildman–Crippen MR) is 122 cm³/mol. The van der Waals surface area contributed by atoms with E-state index >= 15 is 0 Å². The molecule has 1 rings (SSSR count). The van der Waals surface area contributed by atoms with E-state index in [9.17, 15) is 14.4 Å². The molecule has 31 heavy (non-hydrogen) atoms. The highest BCUT2D eigenvalue weighted by atomic mass is 32.2. The molecule has 0 heterocycles. The first kappa shape index (κ1) is 26.9. The number of hydrazine groups is 1. The number of hydrogen-bond acceptors (Lipinski definition) is 8. The molecule has 0 spiro atoms. The van der Waals surface area contributed by atoms with E-state index in [1.807, 2.05) is 50.4 Å². The zero-order valence-electron chi connectivity index (χ0n) is 18.8. The van der Waals surface area contributed by atoms with E-state index in [0.717, 1.165) is 11.3 Å². The molecule has 1 aromatic carbocycles. The molecule has 9 heteroatoms. The number of thioether (sulfide) groups is 1. The first-order valence-electron chi connectivity index (χ1n) is 10.5. The van der Waals surface area contributed by atoms with Gasteiger partial charge in [0.15, 0.2) is 5.78 Å². The normalized spacial score (nSPS) is 12.8. The van der Waals surface area contributed by atoms with Crippen LogP contribution in [-0.4, -0.2) is 49.2 Å². The van der Waals surface area contributed by atoms with Crippen molar-refractivity contribution in [1.29, 1.82) is 0 Å². The van der Waals surface area contributed by atoms with Crippen LogP contribution in [0.2, 0.25) is 0 Å². The Balaban J connectivity index is 2.54. The molecule has 174 valence electrons. The summed E-state index contributed by atoms with van der Waals surface area (Å²) in [4.78, 5) is 37.2. The van der Waals surface area contributed by atoms with Gasteiger partial charge in [-0.1, -0.05) is 44.2 Å². The Kier molecular flexibility index (Phi) is 13.6. The molecule has 3 N–H and O–H groups in total. The molecule has 1 aromatic rings. The second-order valence-corrected chi connectivity index (χ2v) is 8.39. The molecular weight excluding hydrogens is 418 g/mol. The van der Waals surface area contributed by atoms with E-state index in [1.165, 1.54) is 0 Å². The third-order valence-electron chi connectivity index (χ3n) is 4.39. The number of carbonyl (C=O) groups excluding carboxylic acids is 3. The molecule has 0 bridgehead atoms. The number of Topliss-reactive ketones (excluding diaryl/α,β-unsaturated/α-hetero) is 1. The molecule has 0 aromatic heterocycles. The van der Waals surface area contributed by atoms with E-state index in [2.05, 4.69) is 16.2 Å². The third-order valence-corrected chi connectivity index (χ3v) is 5.03. The Morgan fingerprint density at radius 3 is 2.42 bits per heavy atom. The van der Waals surface area contributed by atoms with Gasteiger partial charge in [-0.3, -0.25) is 9.59 Å². The van der Waals surface area contributed by atoms with Gasteiger partial charge in [-0.25, -0.2) is 15.6 Å². The van der Waals surface area contributed by atoms with Crippen molar-refractivity contribution >= 4 is 29.6 Å². The fraction of sp³-hybridized carbons (Fsp3) is 0.591. The summed E-state index contributed by atoms with van der Waals surface area (Å²) in [5.74, 6) is -0.590. The number of rotatable bonds is 15. The van der Waals surface area contributed by atoms with Crippen molar-refractivity contribution in [2.45, 2.75) is 46.3 Å². The van der Waals surface area contributed by atoms with Gasteiger partial charge in [-0.15, -0.1) is 0 Å². The fourth-order valence-electron chi connectivity index (χ4n) is 2.87. The van der Waals surface area contributed by atoms with E-state index in [4.69, 9.17) is 9.47 Å². The van der Waals surface area contributed by atoms with Crippen molar-refractivity contribution in [3.05, 3.63) is 35.9 Å². The number of ketones is 1. The van der Waals surface area contributed by atoms with Crippen LogP contribution in [0.25, 0.3) is 0 Å². The van der Waals surface area contributed by atoms with Crippen LogP contribution in [-0.2, 0) is 25.7 Å². The van der Waals surface area contributed by atoms with Gasteiger partial charge in [0.25, 0.3) is 0 Å². The van der Waals surface area contributed by atoms with Crippen molar-refractivity contribution in [3.63, 3.8) is 0 Å². The number of ether oxygens (including phenoxy) is 2. The second kappa shape index (κ2) is 15.7. The van der Waals surface area contributed by atoms with Gasteiger partial charge in [0, 0.05) is 0 Å². The van der Waals surface area contributed by atoms with Gasteiger partial charge < -0.3 is 14.8 Å². The molecule has 2 atom stereocenters. The third kappa shape index (κ3) is 11.2. The zero-order valence-corrected chi connectivity index (χ0v) is 19.6. The molecule has 0 radical (unpaired) electrons. The van der Waals surface area contributed by atoms with Crippen LogP contribution in [0.4, 0.5) is 4.79 Å². The average molecular weight is 454 g/mol. The molecule has 0 saturated heterocycles. The SMILES string of the molecule is CCOC(=O)C(CC(C)C)C(=O)C(CCSC)NNCNC(=O)OCc1ccccc1. The molecule has 0 aliphatic heterocycles. The van der Waals surface area contributed by atoms with Crippen molar-refractivity contribution in [1.82, 2.24) is 16.2 Å². The Labute approximate surface area is 189 Å². The van der Waals surface area contributed by atoms with E-state index in [0.29, 0.717) is 12.8 Å². The summed E-state index contributed by atoms with van der Waals surface area (Å²) in [6, 6.07) is 8.79. The van der Waals surface area contributed by atoms with Gasteiger partial charge >= 0.3 is 12.1 Å². The summed E-state index contributed by atoms with van der Waals surface area (Å²) in [5.41, 5.74) is 6.67. The van der Waals surface area contributed by atoms with Crippen molar-refractivity contribution in [2.75, 3.05) is 25.3 Å². The molecule has 0 aliphatic carbocycles. The average Bonchev–Trinajstić information content (AvgIpc) is 2.75. The molecule has 0 fully saturated rings. The topological polar surface area (TPSA) is 106 Å². The van der Waals surface area contributed by atoms with Gasteiger partial charge in [0.05, 0.1) is 19.3 Å². The molecule has 1 amide bonds. The van der Waals surface area contributed by atoms with Crippen molar-refractivity contribution < 1.29 is 23.9 Å². The molecule has 2 unspecified atom stereocenters. The minimum Gasteiger partial charge on any atom is -0.465 e. The summed E-state index contributed by atoms with van der Waals surface area (Å²) in [7, 11) is 0. The maximum Gasteiger partial charge on any atom is 0.408 e. The Morgan fingerprint density at radius 2 is 1.81 bits per heavy atom. The van der Waals surface area contributed by atoms with Gasteiger partial charge in [-0.05, 0) is 43.3 Å². The summed E-state index contributed by atoms with van der Waals surface area (Å²) in [6.07, 6.45) is 2.35. The number of nitrogens with one attached hydrogen (secondary N) is 3. The van der Waals surface area contributed by atoms with Crippen molar-refractivity contribution in [3.8, 4) is 0 Å². The highest BCUT2D eigenvalue weighted by molar-refractivity contribution is 7.98. The van der Waals surface area contributed by atoms with Gasteiger partial charge in [0.2, 0.25) is 0 Å². The molecule has 0 saturated carbocycles. The summed E-state index contributed by atoms with van der Waals surface area (Å²) >= 11 is 1.61. The highest BCUT2D eigenvalue weighted by Crippen LogP contribution is 2.18. The first-order valence-corrected chi connectivity index (χ1v) is 11.9. The van der Waals surface area contributed by atoms with Gasteiger partial charge in [-0.2, -0.15) is 11.8 Å². The Morgan fingerprint density at radius 1 is 1.10 bits per heavy atom. The lowest BCUT2D eigenvalue weighted by atomic mass is 9.89. The minimum atomic E-state index is -0.815. The number of carbonyl (C=O) groups is 3. The standard InChI is InChI=1S/C22H35N3O5S/c1-5-29-21(27)18(13-16(2)3)20(26)19(11-12-31-4)25-24-15-23-22(28)30-14-17-9-7-6-8-10-17/h6-10,16,18-19,24-25H,5,11-15H2,1-4H3,(H,23,28). The number of hydrogen-bond donors (Lipinski definition) is 3. The van der Waals surface area contributed by atoms with Crippen LogP contribution in [0.1, 0.15) is 39.2 Å². The van der Waals surface area contributed by atoms with E-state index < -0.39 is 24.0 Å². The summed E-state index contributed by atoms with van der Waals surface area (Å²) in [5, 5.41) is 2.56. The zero-order chi connectivity index (χ0) is 23.1. The smallest absolute Gasteiger partial charge is 0.408 e. The van der Waals surface area contributed by atoms with Crippen LogP contribution < -0.4 is 16.2 Å². The van der Waals surface area contributed by atoms with E-state index in [1.54, 1.807) is 18.7 Å². The lowest BCUT2D eigenvalue weighted by molar-refractivity contribution is -0.152. The first-order chi connectivity index (χ1) is 14.9. The van der Waals surface area contributed by atoms with Crippen LogP contribution in [0.5, 0.6) is 0 Å². The number of benzene rings is 1. The molecular formula is C22H35N3O5S. The Hall–Kier alpha value is -2.10. The van der Waals surface area contributed by atoms with Gasteiger partial charge in [0.1, 0.15) is 12.5 Å². The van der Waals surface area contributed by atoms with Crippen LogP contribution in [0.3, 0.4) is 0 Å². The Bertz CT molecular complexity index is 672. The fourth-order valence-corrected chi connectivity index (χ4v) is 3.34. The van der Waals surface area contributed by atoms with Crippen LogP contribution >= 0.6 is 11.8 Å². The lowest BCUT2D eigenvalue weighted by Gasteiger charge is -2.24. The lowest BCUT2D eigenvalue weighted by Crippen LogP contribution is -2.52. The summed E-state index contributed by atoms with van der Waals surface area (Å²) < 4.78 is 10.3. The minimum absolute atomic E-state index is 0.0604. The van der Waals surface area contributed by atoms with Crippen LogP contribution in [0.15, 0.2) is 30.3 Å². The number of alkyl carbamates (subject to hydrolysis) is 1. The largest absolute Gasteiger partial charge is 0.465 e. The van der Waals surface area contributed by atoms with Crippen LogP contribution in [0, 0.1) is 11.8 Å². The summed E-state index contributed by atoms with van der Waals surface area (Å²) in [6.45, 7) is 6.12. The maximum atomic E-state index is 13.1. The molecule has 8 nitrogen and oxygen atoms in total. The van der Waals surface area contributed by atoms with E-state index in [-0.39, 0.29) is 31.6 Å².